The van der Waals surface area contributed by atoms with Gasteiger partial charge in [0.25, 0.3) is 0 Å². The molecule has 2 aliphatic rings. The molecule has 2 aromatic rings. The van der Waals surface area contributed by atoms with E-state index in [9.17, 15) is 0 Å². The summed E-state index contributed by atoms with van der Waals surface area (Å²) in [7, 11) is 1.84. The number of guanidine groups is 1. The van der Waals surface area contributed by atoms with Gasteiger partial charge in [-0.3, -0.25) is 9.89 Å². The van der Waals surface area contributed by atoms with E-state index in [0.717, 1.165) is 38.0 Å². The fourth-order valence-corrected chi connectivity index (χ4v) is 5.09. The van der Waals surface area contributed by atoms with Gasteiger partial charge in [0.05, 0.1) is 6.04 Å². The van der Waals surface area contributed by atoms with Crippen LogP contribution in [0.15, 0.2) is 40.8 Å². The number of nitrogens with zero attached hydrogens (tertiary/aromatic N) is 4. The number of likely N-dealkylation sites (tertiary alicyclic amines) is 1. The van der Waals surface area contributed by atoms with Crippen LogP contribution in [0.5, 0.6) is 0 Å². The Labute approximate surface area is 178 Å². The van der Waals surface area contributed by atoms with Gasteiger partial charge in [-0.15, -0.1) is 11.3 Å². The third kappa shape index (κ3) is 5.28. The third-order valence-corrected chi connectivity index (χ3v) is 6.81. The Morgan fingerprint density at radius 1 is 1.14 bits per heavy atom. The Morgan fingerprint density at radius 2 is 1.93 bits per heavy atom. The summed E-state index contributed by atoms with van der Waals surface area (Å²) in [4.78, 5) is 15.4. The zero-order valence-electron chi connectivity index (χ0n) is 17.3. The van der Waals surface area contributed by atoms with Gasteiger partial charge in [0, 0.05) is 44.3 Å². The monoisotopic (exact) mass is 412 g/mol. The predicted molar refractivity (Wildman–Crippen MR) is 122 cm³/mol. The molecule has 2 aliphatic heterocycles. The van der Waals surface area contributed by atoms with Gasteiger partial charge >= 0.3 is 0 Å². The maximum atomic E-state index is 4.55. The first kappa shape index (κ1) is 20.2. The lowest BCUT2D eigenvalue weighted by atomic mass is 10.2. The van der Waals surface area contributed by atoms with Crippen molar-refractivity contribution in [2.75, 3.05) is 44.7 Å². The highest BCUT2D eigenvalue weighted by Crippen LogP contribution is 2.27. The second kappa shape index (κ2) is 10.1. The van der Waals surface area contributed by atoms with Crippen molar-refractivity contribution < 1.29 is 0 Å². The van der Waals surface area contributed by atoms with E-state index in [0.29, 0.717) is 6.04 Å². The average Bonchev–Trinajstić information content (AvgIpc) is 3.54. The molecule has 0 saturated carbocycles. The first-order chi connectivity index (χ1) is 14.3. The number of hydrogen-bond acceptors (Lipinski definition) is 5. The highest BCUT2D eigenvalue weighted by molar-refractivity contribution is 7.10. The lowest BCUT2D eigenvalue weighted by Gasteiger charge is -2.27. The van der Waals surface area contributed by atoms with Crippen molar-refractivity contribution in [2.45, 2.75) is 38.3 Å². The second-order valence-corrected chi connectivity index (χ2v) is 8.78. The van der Waals surface area contributed by atoms with Crippen LogP contribution in [-0.2, 0) is 6.54 Å². The van der Waals surface area contributed by atoms with Crippen molar-refractivity contribution in [3.8, 4) is 0 Å². The SMILES string of the molecule is CN=C(NCc1ccnc(N2CCCC2)c1)NCC(c1cccs1)N1CCCC1. The molecule has 7 heteroatoms. The van der Waals surface area contributed by atoms with Crippen LogP contribution in [0, 0.1) is 0 Å². The Balaban J connectivity index is 1.33. The minimum atomic E-state index is 0.416. The molecule has 6 nitrogen and oxygen atoms in total. The quantitative estimate of drug-likeness (QED) is 0.540. The molecule has 156 valence electrons. The predicted octanol–water partition coefficient (Wildman–Crippen LogP) is 3.25. The Bertz CT molecular complexity index is 778. The molecule has 0 spiro atoms. The highest BCUT2D eigenvalue weighted by atomic mass is 32.1. The maximum Gasteiger partial charge on any atom is 0.191 e. The number of nitrogens with one attached hydrogen (secondary N) is 2. The summed E-state index contributed by atoms with van der Waals surface area (Å²) >= 11 is 1.85. The van der Waals surface area contributed by atoms with Gasteiger partial charge in [-0.25, -0.2) is 4.98 Å². The van der Waals surface area contributed by atoms with Gasteiger partial charge in [0.1, 0.15) is 5.82 Å². The average molecular weight is 413 g/mol. The Hall–Kier alpha value is -2.12. The molecule has 0 radical (unpaired) electrons. The van der Waals surface area contributed by atoms with Crippen LogP contribution in [0.4, 0.5) is 5.82 Å². The largest absolute Gasteiger partial charge is 0.357 e. The maximum absolute atomic E-state index is 4.55. The summed E-state index contributed by atoms with van der Waals surface area (Å²) in [6.07, 6.45) is 7.06. The first-order valence-corrected chi connectivity index (χ1v) is 11.6. The minimum absolute atomic E-state index is 0.416. The number of aromatic nitrogens is 1. The molecule has 0 bridgehead atoms. The van der Waals surface area contributed by atoms with Crippen molar-refractivity contribution in [2.24, 2.45) is 4.99 Å². The third-order valence-electron chi connectivity index (χ3n) is 5.84. The van der Waals surface area contributed by atoms with E-state index in [1.54, 1.807) is 0 Å². The molecule has 2 saturated heterocycles. The summed E-state index contributed by atoms with van der Waals surface area (Å²) in [6.45, 7) is 6.23. The van der Waals surface area contributed by atoms with E-state index in [4.69, 9.17) is 0 Å². The first-order valence-electron chi connectivity index (χ1n) is 10.8. The summed E-state index contributed by atoms with van der Waals surface area (Å²) in [5.41, 5.74) is 1.24. The molecular weight excluding hydrogens is 380 g/mol. The lowest BCUT2D eigenvalue weighted by Crippen LogP contribution is -2.42. The molecule has 0 aromatic carbocycles. The molecule has 4 rings (SSSR count). The van der Waals surface area contributed by atoms with Crippen LogP contribution in [0.3, 0.4) is 0 Å². The zero-order chi connectivity index (χ0) is 19.9. The summed E-state index contributed by atoms with van der Waals surface area (Å²) < 4.78 is 0. The minimum Gasteiger partial charge on any atom is -0.357 e. The van der Waals surface area contributed by atoms with Gasteiger partial charge in [0.15, 0.2) is 5.96 Å². The van der Waals surface area contributed by atoms with Crippen LogP contribution in [0.1, 0.15) is 42.2 Å². The van der Waals surface area contributed by atoms with Crippen molar-refractivity contribution in [3.63, 3.8) is 0 Å². The molecule has 4 heterocycles. The van der Waals surface area contributed by atoms with Crippen molar-refractivity contribution in [1.29, 1.82) is 0 Å². The van der Waals surface area contributed by atoms with Crippen molar-refractivity contribution in [1.82, 2.24) is 20.5 Å². The molecule has 2 fully saturated rings. The van der Waals surface area contributed by atoms with E-state index in [2.05, 4.69) is 60.1 Å². The fourth-order valence-electron chi connectivity index (χ4n) is 4.23. The molecule has 2 aromatic heterocycles. The van der Waals surface area contributed by atoms with Gasteiger partial charge in [-0.1, -0.05) is 6.07 Å². The molecule has 2 N–H and O–H groups in total. The number of aliphatic imine (C=N–C) groups is 1. The standard InChI is InChI=1S/C22H32N6S/c1-23-22(25-16-18-8-9-24-21(15-18)28-12-4-5-13-28)26-17-19(20-7-6-14-29-20)27-10-2-3-11-27/h6-9,14-15,19H,2-5,10-13,16-17H2,1H3,(H2,23,25,26). The normalized spacial score (nSPS) is 18.9. The topological polar surface area (TPSA) is 55.8 Å². The van der Waals surface area contributed by atoms with E-state index in [1.807, 2.05) is 24.6 Å². The zero-order valence-corrected chi connectivity index (χ0v) is 18.1. The molecule has 1 atom stereocenters. The molecular formula is C22H32N6S. The van der Waals surface area contributed by atoms with Crippen LogP contribution < -0.4 is 15.5 Å². The van der Waals surface area contributed by atoms with E-state index < -0.39 is 0 Å². The number of hydrogen-bond donors (Lipinski definition) is 2. The molecule has 0 amide bonds. The van der Waals surface area contributed by atoms with Gasteiger partial charge in [-0.05, 0) is 67.9 Å². The molecule has 0 aliphatic carbocycles. The van der Waals surface area contributed by atoms with Gasteiger partial charge in [-0.2, -0.15) is 0 Å². The van der Waals surface area contributed by atoms with Gasteiger partial charge in [0.2, 0.25) is 0 Å². The smallest absolute Gasteiger partial charge is 0.191 e. The van der Waals surface area contributed by atoms with Crippen LogP contribution in [-0.4, -0.2) is 55.6 Å². The molecule has 1 unspecified atom stereocenters. The number of rotatable bonds is 7. The van der Waals surface area contributed by atoms with Crippen LogP contribution in [0.2, 0.25) is 0 Å². The lowest BCUT2D eigenvalue weighted by molar-refractivity contribution is 0.249. The summed E-state index contributed by atoms with van der Waals surface area (Å²) in [5.74, 6) is 1.95. The molecule has 29 heavy (non-hydrogen) atoms. The van der Waals surface area contributed by atoms with E-state index in [-0.39, 0.29) is 0 Å². The van der Waals surface area contributed by atoms with Crippen LogP contribution in [0.25, 0.3) is 0 Å². The fraction of sp³-hybridized carbons (Fsp3) is 0.545. The number of pyridine rings is 1. The van der Waals surface area contributed by atoms with Crippen LogP contribution >= 0.6 is 11.3 Å². The summed E-state index contributed by atoms with van der Waals surface area (Å²) in [6, 6.07) is 9.10. The Morgan fingerprint density at radius 3 is 2.66 bits per heavy atom. The highest BCUT2D eigenvalue weighted by Gasteiger charge is 2.24. The van der Waals surface area contributed by atoms with E-state index in [1.165, 1.54) is 49.2 Å². The van der Waals surface area contributed by atoms with Gasteiger partial charge < -0.3 is 15.5 Å². The number of thiophene rings is 1. The van der Waals surface area contributed by atoms with Crippen molar-refractivity contribution in [3.05, 3.63) is 46.3 Å². The number of anilines is 1. The van der Waals surface area contributed by atoms with E-state index >= 15 is 0 Å². The summed E-state index contributed by atoms with van der Waals surface area (Å²) in [5, 5.41) is 9.20. The second-order valence-electron chi connectivity index (χ2n) is 7.80. The Kier molecular flexibility index (Phi) is 7.00. The van der Waals surface area contributed by atoms with Crippen molar-refractivity contribution >= 4 is 23.1 Å².